The van der Waals surface area contributed by atoms with Crippen LogP contribution in [0.25, 0.3) is 0 Å². The van der Waals surface area contributed by atoms with Crippen molar-refractivity contribution < 1.29 is 10.2 Å². The van der Waals surface area contributed by atoms with Gasteiger partial charge >= 0.3 is 0 Å². The van der Waals surface area contributed by atoms with Crippen LogP contribution in [0.1, 0.15) is 25.5 Å². The van der Waals surface area contributed by atoms with Crippen molar-refractivity contribution in [1.29, 1.82) is 0 Å². The SMILES string of the molecule is CC(C)(O)C(O)c1ccccc1. The Morgan fingerprint density at radius 3 is 2.08 bits per heavy atom. The lowest BCUT2D eigenvalue weighted by Gasteiger charge is -2.24. The summed E-state index contributed by atoms with van der Waals surface area (Å²) >= 11 is 0. The highest BCUT2D eigenvalue weighted by Crippen LogP contribution is 2.24. The molecule has 0 aliphatic carbocycles. The summed E-state index contributed by atoms with van der Waals surface area (Å²) in [5.74, 6) is 0. The Morgan fingerprint density at radius 1 is 1.17 bits per heavy atom. The molecule has 2 N–H and O–H groups in total. The molecule has 1 aromatic rings. The zero-order valence-electron chi connectivity index (χ0n) is 7.36. The van der Waals surface area contributed by atoms with E-state index in [1.54, 1.807) is 26.0 Å². The Bertz CT molecular complexity index is 236. The Balaban J connectivity index is 2.86. The highest BCUT2D eigenvalue weighted by Gasteiger charge is 2.25. The fourth-order valence-corrected chi connectivity index (χ4v) is 1.04. The summed E-state index contributed by atoms with van der Waals surface area (Å²) < 4.78 is 0. The maximum absolute atomic E-state index is 9.61. The topological polar surface area (TPSA) is 40.5 Å². The molecule has 0 heterocycles. The molecule has 66 valence electrons. The van der Waals surface area contributed by atoms with E-state index in [9.17, 15) is 10.2 Å². The first kappa shape index (κ1) is 9.23. The molecule has 1 aromatic carbocycles. The van der Waals surface area contributed by atoms with Crippen molar-refractivity contribution in [1.82, 2.24) is 0 Å². The van der Waals surface area contributed by atoms with Gasteiger partial charge in [-0.05, 0) is 19.4 Å². The molecule has 1 unspecified atom stereocenters. The molecule has 0 aliphatic heterocycles. The Kier molecular flexibility index (Phi) is 2.50. The highest BCUT2D eigenvalue weighted by atomic mass is 16.3. The Labute approximate surface area is 72.5 Å². The molecule has 12 heavy (non-hydrogen) atoms. The van der Waals surface area contributed by atoms with Crippen LogP contribution in [-0.2, 0) is 0 Å². The number of aliphatic hydroxyl groups excluding tert-OH is 1. The van der Waals surface area contributed by atoms with Crippen LogP contribution in [0.5, 0.6) is 0 Å². The van der Waals surface area contributed by atoms with Crippen molar-refractivity contribution in [3.8, 4) is 0 Å². The third-order valence-corrected chi connectivity index (χ3v) is 1.78. The van der Waals surface area contributed by atoms with E-state index in [4.69, 9.17) is 0 Å². The maximum atomic E-state index is 9.61. The number of hydrogen-bond donors (Lipinski definition) is 2. The van der Waals surface area contributed by atoms with Crippen LogP contribution in [0.2, 0.25) is 0 Å². The van der Waals surface area contributed by atoms with E-state index in [-0.39, 0.29) is 0 Å². The number of aliphatic hydroxyl groups is 2. The Morgan fingerprint density at radius 2 is 1.67 bits per heavy atom. The van der Waals surface area contributed by atoms with E-state index in [2.05, 4.69) is 0 Å². The predicted molar refractivity (Wildman–Crippen MR) is 47.7 cm³/mol. The Hall–Kier alpha value is -0.860. The predicted octanol–water partition coefficient (Wildman–Crippen LogP) is 1.49. The number of benzene rings is 1. The van der Waals surface area contributed by atoms with E-state index in [1.807, 2.05) is 18.2 Å². The van der Waals surface area contributed by atoms with Gasteiger partial charge in [-0.1, -0.05) is 30.3 Å². The minimum Gasteiger partial charge on any atom is -0.387 e. The summed E-state index contributed by atoms with van der Waals surface area (Å²) in [6, 6.07) is 9.14. The second-order valence-electron chi connectivity index (χ2n) is 3.47. The van der Waals surface area contributed by atoms with Gasteiger partial charge < -0.3 is 10.2 Å². The van der Waals surface area contributed by atoms with Gasteiger partial charge in [0.1, 0.15) is 6.10 Å². The zero-order valence-corrected chi connectivity index (χ0v) is 7.36. The van der Waals surface area contributed by atoms with Crippen molar-refractivity contribution in [2.45, 2.75) is 25.6 Å². The van der Waals surface area contributed by atoms with Gasteiger partial charge in [-0.3, -0.25) is 0 Å². The molecule has 2 heteroatoms. The second kappa shape index (κ2) is 3.25. The van der Waals surface area contributed by atoms with Crippen LogP contribution < -0.4 is 0 Å². The van der Waals surface area contributed by atoms with E-state index in [1.165, 1.54) is 0 Å². The van der Waals surface area contributed by atoms with Crippen LogP contribution in [0.3, 0.4) is 0 Å². The fraction of sp³-hybridized carbons (Fsp3) is 0.400. The van der Waals surface area contributed by atoms with E-state index >= 15 is 0 Å². The van der Waals surface area contributed by atoms with Gasteiger partial charge in [0.25, 0.3) is 0 Å². The van der Waals surface area contributed by atoms with Crippen molar-refractivity contribution in [3.05, 3.63) is 35.9 Å². The second-order valence-corrected chi connectivity index (χ2v) is 3.47. The average Bonchev–Trinajstić information content (AvgIpc) is 2.03. The average molecular weight is 166 g/mol. The maximum Gasteiger partial charge on any atom is 0.107 e. The van der Waals surface area contributed by atoms with Gasteiger partial charge in [0, 0.05) is 0 Å². The molecule has 0 spiro atoms. The third-order valence-electron chi connectivity index (χ3n) is 1.78. The molecule has 1 atom stereocenters. The summed E-state index contributed by atoms with van der Waals surface area (Å²) in [6.07, 6.45) is -0.821. The molecule has 0 fully saturated rings. The van der Waals surface area contributed by atoms with Gasteiger partial charge in [-0.25, -0.2) is 0 Å². The van der Waals surface area contributed by atoms with Gasteiger partial charge in [-0.2, -0.15) is 0 Å². The van der Waals surface area contributed by atoms with Crippen LogP contribution in [0.4, 0.5) is 0 Å². The van der Waals surface area contributed by atoms with Crippen LogP contribution in [-0.4, -0.2) is 15.8 Å². The van der Waals surface area contributed by atoms with Crippen LogP contribution in [0.15, 0.2) is 30.3 Å². The summed E-state index contributed by atoms with van der Waals surface area (Å²) in [5.41, 5.74) is -0.341. The number of hydrogen-bond acceptors (Lipinski definition) is 2. The summed E-state index contributed by atoms with van der Waals surface area (Å²) in [6.45, 7) is 3.18. The van der Waals surface area contributed by atoms with Crippen LogP contribution >= 0.6 is 0 Å². The molecule has 0 amide bonds. The molecule has 0 aromatic heterocycles. The summed E-state index contributed by atoms with van der Waals surface area (Å²) in [7, 11) is 0. The quantitative estimate of drug-likeness (QED) is 0.698. The number of rotatable bonds is 2. The van der Waals surface area contributed by atoms with E-state index in [0.717, 1.165) is 5.56 Å². The lowest BCUT2D eigenvalue weighted by atomic mass is 9.95. The minimum absolute atomic E-state index is 0.741. The van der Waals surface area contributed by atoms with Gasteiger partial charge in [0.15, 0.2) is 0 Å². The molecule has 2 nitrogen and oxygen atoms in total. The van der Waals surface area contributed by atoms with Crippen molar-refractivity contribution in [3.63, 3.8) is 0 Å². The molecule has 1 rings (SSSR count). The first-order valence-electron chi connectivity index (χ1n) is 3.97. The molecule has 0 radical (unpaired) electrons. The summed E-state index contributed by atoms with van der Waals surface area (Å²) in [4.78, 5) is 0. The van der Waals surface area contributed by atoms with Crippen molar-refractivity contribution in [2.24, 2.45) is 0 Å². The van der Waals surface area contributed by atoms with E-state index < -0.39 is 11.7 Å². The summed E-state index contributed by atoms with van der Waals surface area (Å²) in [5, 5.41) is 19.1. The largest absolute Gasteiger partial charge is 0.387 e. The van der Waals surface area contributed by atoms with Gasteiger partial charge in [0.05, 0.1) is 5.60 Å². The molecule has 0 saturated heterocycles. The van der Waals surface area contributed by atoms with Gasteiger partial charge in [0.2, 0.25) is 0 Å². The molecule has 0 aliphatic rings. The fourth-order valence-electron chi connectivity index (χ4n) is 1.04. The third kappa shape index (κ3) is 2.06. The lowest BCUT2D eigenvalue weighted by Crippen LogP contribution is -2.28. The van der Waals surface area contributed by atoms with Crippen LogP contribution in [0, 0.1) is 0 Å². The van der Waals surface area contributed by atoms with Crippen molar-refractivity contribution >= 4 is 0 Å². The first-order valence-corrected chi connectivity index (χ1v) is 3.97. The van der Waals surface area contributed by atoms with Crippen molar-refractivity contribution in [2.75, 3.05) is 0 Å². The molecular formula is C10H14O2. The molecule has 0 bridgehead atoms. The highest BCUT2D eigenvalue weighted by molar-refractivity contribution is 5.19. The molecular weight excluding hydrogens is 152 g/mol. The standard InChI is InChI=1S/C10H14O2/c1-10(2,12)9(11)8-6-4-3-5-7-8/h3-7,9,11-12H,1-2H3. The first-order chi connectivity index (χ1) is 5.52. The zero-order chi connectivity index (χ0) is 9.19. The normalized spacial score (nSPS) is 14.3. The lowest BCUT2D eigenvalue weighted by molar-refractivity contribution is -0.0496. The monoisotopic (exact) mass is 166 g/mol. The van der Waals surface area contributed by atoms with Gasteiger partial charge in [-0.15, -0.1) is 0 Å². The minimum atomic E-state index is -1.08. The van der Waals surface area contributed by atoms with E-state index in [0.29, 0.717) is 0 Å². The smallest absolute Gasteiger partial charge is 0.107 e. The molecule has 0 saturated carbocycles.